The number of fused-ring (bicyclic) bond motifs is 3. The number of benzene rings is 1. The summed E-state index contributed by atoms with van der Waals surface area (Å²) in [6, 6.07) is 4.75. The molecule has 0 radical (unpaired) electrons. The zero-order valence-electron chi connectivity index (χ0n) is 13.0. The minimum atomic E-state index is -4.40. The number of carboxylic acids is 1. The van der Waals surface area contributed by atoms with Crippen LogP contribution in [0.4, 0.5) is 13.2 Å². The van der Waals surface area contributed by atoms with Gasteiger partial charge < -0.3 is 14.6 Å². The molecule has 1 aromatic carbocycles. The van der Waals surface area contributed by atoms with Gasteiger partial charge in [-0.15, -0.1) is 0 Å². The van der Waals surface area contributed by atoms with Crippen molar-refractivity contribution in [2.45, 2.75) is 18.7 Å². The molecule has 25 heavy (non-hydrogen) atoms. The first-order chi connectivity index (χ1) is 11.8. The predicted octanol–water partition coefficient (Wildman–Crippen LogP) is 3.64. The summed E-state index contributed by atoms with van der Waals surface area (Å²) in [6.07, 6.45) is -0.237. The Balaban J connectivity index is 1.38. The van der Waals surface area contributed by atoms with Crippen LogP contribution in [0, 0.1) is 17.8 Å². The van der Waals surface area contributed by atoms with E-state index in [0.717, 1.165) is 23.5 Å². The van der Waals surface area contributed by atoms with Crippen LogP contribution in [-0.4, -0.2) is 23.8 Å². The normalized spacial score (nSPS) is 29.7. The van der Waals surface area contributed by atoms with Gasteiger partial charge in [0.1, 0.15) is 30.1 Å². The number of halogens is 3. The van der Waals surface area contributed by atoms with E-state index in [9.17, 15) is 18.0 Å². The molecule has 7 heteroatoms. The van der Waals surface area contributed by atoms with E-state index in [1.165, 1.54) is 12.1 Å². The highest BCUT2D eigenvalue weighted by Crippen LogP contribution is 2.58. The highest BCUT2D eigenvalue weighted by molar-refractivity contribution is 5.76. The summed E-state index contributed by atoms with van der Waals surface area (Å²) in [5, 5.41) is 9.08. The third kappa shape index (κ3) is 2.88. The first-order valence-corrected chi connectivity index (χ1v) is 7.95. The highest BCUT2D eigenvalue weighted by Gasteiger charge is 2.66. The Labute approximate surface area is 141 Å². The van der Waals surface area contributed by atoms with Crippen molar-refractivity contribution in [3.63, 3.8) is 0 Å². The maximum atomic E-state index is 12.7. The summed E-state index contributed by atoms with van der Waals surface area (Å²) in [5.74, 6) is -0.209. The highest BCUT2D eigenvalue weighted by atomic mass is 19.4. The molecule has 1 aromatic rings. The quantitative estimate of drug-likeness (QED) is 0.899. The lowest BCUT2D eigenvalue weighted by Crippen LogP contribution is -2.16. The number of ether oxygens (including phenoxy) is 2. The number of alkyl halides is 3. The van der Waals surface area contributed by atoms with E-state index in [-0.39, 0.29) is 30.3 Å². The Morgan fingerprint density at radius 3 is 2.88 bits per heavy atom. The van der Waals surface area contributed by atoms with Crippen molar-refractivity contribution < 1.29 is 32.5 Å². The standard InChI is InChI=1S/C18H15F3O4/c19-18(20,21)10-2-1-3-11(7-10)24-8-9-4-5-12-13(6-9)25-16-14(12)15(16)17(22)23/h1-4,6-7,12,14-16H,5,8H2,(H,22,23)/t12?,14-,15-,16-/m1/s1. The molecule has 4 nitrogen and oxygen atoms in total. The molecule has 0 aromatic heterocycles. The third-order valence-electron chi connectivity index (χ3n) is 4.92. The van der Waals surface area contributed by atoms with E-state index >= 15 is 0 Å². The zero-order valence-corrected chi connectivity index (χ0v) is 13.0. The fourth-order valence-electron chi connectivity index (χ4n) is 3.64. The number of rotatable bonds is 4. The lowest BCUT2D eigenvalue weighted by atomic mass is 9.90. The maximum absolute atomic E-state index is 12.7. The van der Waals surface area contributed by atoms with Gasteiger partial charge in [-0.05, 0) is 36.3 Å². The summed E-state index contributed by atoms with van der Waals surface area (Å²) in [6.45, 7) is 0.137. The Morgan fingerprint density at radius 1 is 1.36 bits per heavy atom. The van der Waals surface area contributed by atoms with Crippen molar-refractivity contribution in [2.75, 3.05) is 6.61 Å². The summed E-state index contributed by atoms with van der Waals surface area (Å²) in [5.41, 5.74) is 0.0665. The number of hydrogen-bond acceptors (Lipinski definition) is 3. The van der Waals surface area contributed by atoms with E-state index < -0.39 is 23.6 Å². The fraction of sp³-hybridized carbons (Fsp3) is 0.389. The monoisotopic (exact) mass is 352 g/mol. The fourth-order valence-corrected chi connectivity index (χ4v) is 3.64. The number of carbonyl (C=O) groups is 1. The lowest BCUT2D eigenvalue weighted by Gasteiger charge is -2.20. The molecule has 1 heterocycles. The molecule has 0 bridgehead atoms. The largest absolute Gasteiger partial charge is 0.493 e. The number of allylic oxidation sites excluding steroid dienone is 2. The molecule has 1 aliphatic heterocycles. The van der Waals surface area contributed by atoms with E-state index in [4.69, 9.17) is 14.6 Å². The molecule has 1 saturated heterocycles. The molecule has 0 spiro atoms. The topological polar surface area (TPSA) is 55.8 Å². The van der Waals surface area contributed by atoms with E-state index in [2.05, 4.69) is 0 Å². The van der Waals surface area contributed by atoms with Gasteiger partial charge in [-0.3, -0.25) is 4.79 Å². The molecule has 132 valence electrons. The van der Waals surface area contributed by atoms with Crippen molar-refractivity contribution in [2.24, 2.45) is 17.8 Å². The van der Waals surface area contributed by atoms with E-state index in [1.54, 1.807) is 0 Å². The average molecular weight is 352 g/mol. The smallest absolute Gasteiger partial charge is 0.416 e. The summed E-state index contributed by atoms with van der Waals surface area (Å²) >= 11 is 0. The minimum Gasteiger partial charge on any atom is -0.493 e. The number of aliphatic carboxylic acids is 1. The van der Waals surface area contributed by atoms with Crippen LogP contribution in [0.25, 0.3) is 0 Å². The Morgan fingerprint density at radius 2 is 2.16 bits per heavy atom. The van der Waals surface area contributed by atoms with Gasteiger partial charge in [0.05, 0.1) is 5.56 Å². The van der Waals surface area contributed by atoms with Gasteiger partial charge in [0.25, 0.3) is 0 Å². The van der Waals surface area contributed by atoms with Crippen LogP contribution in [-0.2, 0) is 15.7 Å². The molecule has 1 N–H and O–H groups in total. The molecule has 2 fully saturated rings. The van der Waals surface area contributed by atoms with Crippen molar-refractivity contribution >= 4 is 5.97 Å². The molecule has 1 saturated carbocycles. The first-order valence-electron chi connectivity index (χ1n) is 7.95. The van der Waals surface area contributed by atoms with Gasteiger partial charge in [-0.1, -0.05) is 12.1 Å². The molecule has 3 aliphatic rings. The van der Waals surface area contributed by atoms with Crippen LogP contribution in [0.5, 0.6) is 5.75 Å². The maximum Gasteiger partial charge on any atom is 0.416 e. The van der Waals surface area contributed by atoms with E-state index in [0.29, 0.717) is 6.42 Å². The molecule has 4 atom stereocenters. The van der Waals surface area contributed by atoms with Gasteiger partial charge in [0, 0.05) is 11.8 Å². The summed E-state index contributed by atoms with van der Waals surface area (Å²) in [4.78, 5) is 11.1. The van der Waals surface area contributed by atoms with Crippen LogP contribution in [0.15, 0.2) is 47.7 Å². The second-order valence-corrected chi connectivity index (χ2v) is 6.51. The van der Waals surface area contributed by atoms with Crippen molar-refractivity contribution in [1.29, 1.82) is 0 Å². The van der Waals surface area contributed by atoms with Gasteiger partial charge in [0.15, 0.2) is 0 Å². The summed E-state index contributed by atoms with van der Waals surface area (Å²) in [7, 11) is 0. The molecule has 2 aliphatic carbocycles. The lowest BCUT2D eigenvalue weighted by molar-refractivity contribution is -0.140. The third-order valence-corrected chi connectivity index (χ3v) is 4.92. The first kappa shape index (κ1) is 16.1. The molecule has 0 amide bonds. The average Bonchev–Trinajstić information content (AvgIpc) is 3.16. The molecular weight excluding hydrogens is 337 g/mol. The van der Waals surface area contributed by atoms with Crippen LogP contribution < -0.4 is 4.74 Å². The van der Waals surface area contributed by atoms with Gasteiger partial charge in [-0.2, -0.15) is 13.2 Å². The van der Waals surface area contributed by atoms with Crippen LogP contribution >= 0.6 is 0 Å². The predicted molar refractivity (Wildman–Crippen MR) is 80.7 cm³/mol. The Bertz CT molecular complexity index is 781. The number of hydrogen-bond donors (Lipinski definition) is 1. The van der Waals surface area contributed by atoms with Gasteiger partial charge >= 0.3 is 12.1 Å². The SMILES string of the molecule is O=C(O)[C@H]1[C@@H]2OC3=CC(COc4cccc(C(F)(F)F)c4)=CCC3[C@@H]21. The minimum absolute atomic E-state index is 0.0333. The van der Waals surface area contributed by atoms with Gasteiger partial charge in [0.2, 0.25) is 0 Å². The van der Waals surface area contributed by atoms with Crippen LogP contribution in [0.1, 0.15) is 12.0 Å². The molecular formula is C18H15F3O4. The number of carboxylic acid groups (broad SMARTS) is 1. The Kier molecular flexibility index (Phi) is 3.56. The Hall–Kier alpha value is -2.44. The van der Waals surface area contributed by atoms with Crippen LogP contribution in [0.3, 0.4) is 0 Å². The van der Waals surface area contributed by atoms with Crippen molar-refractivity contribution in [1.82, 2.24) is 0 Å². The van der Waals surface area contributed by atoms with Crippen LogP contribution in [0.2, 0.25) is 0 Å². The van der Waals surface area contributed by atoms with E-state index in [1.807, 2.05) is 12.2 Å². The molecule has 1 unspecified atom stereocenters. The second kappa shape index (κ2) is 5.54. The summed E-state index contributed by atoms with van der Waals surface area (Å²) < 4.78 is 49.3. The molecule has 4 rings (SSSR count). The van der Waals surface area contributed by atoms with Crippen molar-refractivity contribution in [3.05, 3.63) is 53.3 Å². The second-order valence-electron chi connectivity index (χ2n) is 6.51. The zero-order chi connectivity index (χ0) is 17.8. The van der Waals surface area contributed by atoms with Crippen molar-refractivity contribution in [3.8, 4) is 5.75 Å². The van der Waals surface area contributed by atoms with Gasteiger partial charge in [-0.25, -0.2) is 0 Å².